The predicted octanol–water partition coefficient (Wildman–Crippen LogP) is 14.8. The van der Waals surface area contributed by atoms with Gasteiger partial charge in [-0.05, 0) is 101 Å². The summed E-state index contributed by atoms with van der Waals surface area (Å²) in [6.07, 6.45) is 0. The Kier molecular flexibility index (Phi) is 7.06. The first-order valence-corrected chi connectivity index (χ1v) is 19.9. The molecule has 0 radical (unpaired) electrons. The molecule has 0 unspecified atom stereocenters. The standard InChI is InChI=1S/C50H32N2S2/c1-29-24-43(31-12-4-3-5-13-31)39-22-23-40-44(25-30(2)52-48(40)47(39)51-29)34-27-32(35-16-10-18-41-37-14-6-8-20-45(37)53-49(35)41)26-33(28-34)36-17-11-19-42-38-15-7-9-21-46(38)54-50(36)42/h3-28H,1-2H3. The molecule has 0 N–H and O–H groups in total. The molecular weight excluding hydrogens is 693 g/mol. The Morgan fingerprint density at radius 3 is 1.28 bits per heavy atom. The van der Waals surface area contributed by atoms with Crippen molar-refractivity contribution in [3.8, 4) is 44.5 Å². The van der Waals surface area contributed by atoms with E-state index in [0.29, 0.717) is 0 Å². The summed E-state index contributed by atoms with van der Waals surface area (Å²) in [7, 11) is 0. The third-order valence-corrected chi connectivity index (χ3v) is 13.2. The number of hydrogen-bond donors (Lipinski definition) is 0. The zero-order chi connectivity index (χ0) is 35.9. The van der Waals surface area contributed by atoms with Gasteiger partial charge < -0.3 is 0 Å². The summed E-state index contributed by atoms with van der Waals surface area (Å²) in [6.45, 7) is 4.19. The fourth-order valence-corrected chi connectivity index (χ4v) is 10.8. The molecule has 0 aliphatic carbocycles. The zero-order valence-electron chi connectivity index (χ0n) is 29.7. The van der Waals surface area contributed by atoms with Crippen molar-refractivity contribution in [1.82, 2.24) is 9.97 Å². The van der Waals surface area contributed by atoms with Crippen LogP contribution in [-0.4, -0.2) is 9.97 Å². The first kappa shape index (κ1) is 31.3. The van der Waals surface area contributed by atoms with Gasteiger partial charge in [0.2, 0.25) is 0 Å². The molecule has 0 bridgehead atoms. The Morgan fingerprint density at radius 1 is 0.333 bits per heavy atom. The molecule has 2 nitrogen and oxygen atoms in total. The van der Waals surface area contributed by atoms with Crippen molar-refractivity contribution in [2.75, 3.05) is 0 Å². The van der Waals surface area contributed by atoms with Crippen LogP contribution in [0.3, 0.4) is 0 Å². The van der Waals surface area contributed by atoms with Crippen molar-refractivity contribution < 1.29 is 0 Å². The first-order valence-electron chi connectivity index (χ1n) is 18.3. The maximum Gasteiger partial charge on any atom is 0.0974 e. The summed E-state index contributed by atoms with van der Waals surface area (Å²) in [5.41, 5.74) is 13.5. The third kappa shape index (κ3) is 4.91. The topological polar surface area (TPSA) is 25.8 Å². The highest BCUT2D eigenvalue weighted by Gasteiger charge is 2.19. The summed E-state index contributed by atoms with van der Waals surface area (Å²) in [6, 6.07) is 57.9. The molecule has 54 heavy (non-hydrogen) atoms. The van der Waals surface area contributed by atoms with Crippen LogP contribution in [0.1, 0.15) is 11.4 Å². The molecule has 0 atom stereocenters. The Labute approximate surface area is 320 Å². The van der Waals surface area contributed by atoms with Gasteiger partial charge in [0.1, 0.15) is 0 Å². The van der Waals surface area contributed by atoms with Crippen LogP contribution in [0.4, 0.5) is 0 Å². The lowest BCUT2D eigenvalue weighted by Crippen LogP contribution is -1.95. The fourth-order valence-electron chi connectivity index (χ4n) is 8.37. The number of aromatic nitrogens is 2. The van der Waals surface area contributed by atoms with Gasteiger partial charge in [0, 0.05) is 62.5 Å². The van der Waals surface area contributed by atoms with Crippen molar-refractivity contribution in [3.05, 3.63) is 169 Å². The first-order chi connectivity index (χ1) is 26.6. The highest BCUT2D eigenvalue weighted by Crippen LogP contribution is 2.46. The Bertz CT molecular complexity index is 3170. The van der Waals surface area contributed by atoms with Gasteiger partial charge >= 0.3 is 0 Å². The number of aryl methyl sites for hydroxylation is 2. The lowest BCUT2D eigenvalue weighted by atomic mass is 9.90. The van der Waals surface area contributed by atoms with Crippen molar-refractivity contribution >= 4 is 84.8 Å². The van der Waals surface area contributed by atoms with E-state index in [9.17, 15) is 0 Å². The average molecular weight is 725 g/mol. The molecule has 4 heterocycles. The van der Waals surface area contributed by atoms with Crippen molar-refractivity contribution in [3.63, 3.8) is 0 Å². The van der Waals surface area contributed by atoms with Crippen LogP contribution in [0.15, 0.2) is 158 Å². The van der Waals surface area contributed by atoms with Gasteiger partial charge in [-0.15, -0.1) is 22.7 Å². The van der Waals surface area contributed by atoms with E-state index < -0.39 is 0 Å². The number of nitrogens with zero attached hydrogens (tertiary/aromatic N) is 2. The van der Waals surface area contributed by atoms with Gasteiger partial charge in [-0.25, -0.2) is 0 Å². The van der Waals surface area contributed by atoms with Crippen LogP contribution in [0.2, 0.25) is 0 Å². The number of rotatable bonds is 4. The number of benzene rings is 7. The van der Waals surface area contributed by atoms with Crippen LogP contribution >= 0.6 is 22.7 Å². The summed E-state index contributed by atoms with van der Waals surface area (Å²) in [4.78, 5) is 10.3. The van der Waals surface area contributed by atoms with E-state index in [2.05, 4.69) is 172 Å². The average Bonchev–Trinajstić information content (AvgIpc) is 3.79. The van der Waals surface area contributed by atoms with Crippen LogP contribution in [0, 0.1) is 13.8 Å². The minimum Gasteiger partial charge on any atom is -0.251 e. The van der Waals surface area contributed by atoms with E-state index in [1.807, 2.05) is 22.7 Å². The van der Waals surface area contributed by atoms with Crippen molar-refractivity contribution in [2.45, 2.75) is 13.8 Å². The SMILES string of the molecule is Cc1cc(-c2ccccc2)c2ccc3c(-c4cc(-c5cccc6c5sc5ccccc56)cc(-c5cccc6c5sc5ccccc56)c4)cc(C)nc3c2n1. The quantitative estimate of drug-likeness (QED) is 0.169. The molecule has 4 aromatic heterocycles. The van der Waals surface area contributed by atoms with Gasteiger partial charge in [-0.2, -0.15) is 0 Å². The molecule has 254 valence electrons. The zero-order valence-corrected chi connectivity index (χ0v) is 31.4. The smallest absolute Gasteiger partial charge is 0.0974 e. The molecule has 0 aliphatic heterocycles. The molecule has 11 rings (SSSR count). The summed E-state index contributed by atoms with van der Waals surface area (Å²) in [5.74, 6) is 0. The largest absolute Gasteiger partial charge is 0.251 e. The van der Waals surface area contributed by atoms with Crippen molar-refractivity contribution in [1.29, 1.82) is 0 Å². The molecule has 0 fully saturated rings. The van der Waals surface area contributed by atoms with E-state index in [1.165, 1.54) is 84.9 Å². The summed E-state index contributed by atoms with van der Waals surface area (Å²) in [5, 5.41) is 7.45. The van der Waals surface area contributed by atoms with Crippen LogP contribution in [-0.2, 0) is 0 Å². The maximum absolute atomic E-state index is 5.20. The molecule has 7 aromatic carbocycles. The number of thiophene rings is 2. The van der Waals surface area contributed by atoms with Gasteiger partial charge in [0.25, 0.3) is 0 Å². The number of hydrogen-bond acceptors (Lipinski definition) is 4. The highest BCUT2D eigenvalue weighted by atomic mass is 32.1. The van der Waals surface area contributed by atoms with E-state index in [0.717, 1.165) is 33.2 Å². The summed E-state index contributed by atoms with van der Waals surface area (Å²) >= 11 is 3.77. The normalized spacial score (nSPS) is 11.9. The second-order valence-corrected chi connectivity index (χ2v) is 16.3. The predicted molar refractivity (Wildman–Crippen MR) is 234 cm³/mol. The van der Waals surface area contributed by atoms with Gasteiger partial charge in [-0.1, -0.05) is 115 Å². The molecule has 11 aromatic rings. The van der Waals surface area contributed by atoms with Gasteiger partial charge in [0.05, 0.1) is 11.0 Å². The minimum absolute atomic E-state index is 0.938. The van der Waals surface area contributed by atoms with Gasteiger partial charge in [-0.3, -0.25) is 9.97 Å². The summed E-state index contributed by atoms with van der Waals surface area (Å²) < 4.78 is 5.26. The van der Waals surface area contributed by atoms with Crippen molar-refractivity contribution in [2.24, 2.45) is 0 Å². The second kappa shape index (κ2) is 12.2. The molecule has 0 amide bonds. The molecule has 0 spiro atoms. The molecule has 4 heteroatoms. The van der Waals surface area contributed by atoms with Gasteiger partial charge in [0.15, 0.2) is 0 Å². The van der Waals surface area contributed by atoms with Crippen LogP contribution < -0.4 is 0 Å². The van der Waals surface area contributed by atoms with E-state index in [4.69, 9.17) is 9.97 Å². The Balaban J connectivity index is 1.21. The fraction of sp³-hybridized carbons (Fsp3) is 0.0400. The second-order valence-electron chi connectivity index (χ2n) is 14.2. The maximum atomic E-state index is 5.20. The number of pyridine rings is 2. The molecule has 0 aliphatic rings. The van der Waals surface area contributed by atoms with Crippen LogP contribution in [0.5, 0.6) is 0 Å². The highest BCUT2D eigenvalue weighted by molar-refractivity contribution is 7.26. The molecular formula is C50H32N2S2. The van der Waals surface area contributed by atoms with Crippen LogP contribution in [0.25, 0.3) is 107 Å². The van der Waals surface area contributed by atoms with E-state index >= 15 is 0 Å². The lowest BCUT2D eigenvalue weighted by Gasteiger charge is -2.16. The molecule has 0 saturated heterocycles. The minimum atomic E-state index is 0.938. The Hall–Kier alpha value is -6.20. The van der Waals surface area contributed by atoms with E-state index in [-0.39, 0.29) is 0 Å². The number of fused-ring (bicyclic) bond motifs is 9. The lowest BCUT2D eigenvalue weighted by molar-refractivity contribution is 1.23. The molecule has 0 saturated carbocycles. The third-order valence-electron chi connectivity index (χ3n) is 10.8. The Morgan fingerprint density at radius 2 is 0.759 bits per heavy atom. The monoisotopic (exact) mass is 724 g/mol. The van der Waals surface area contributed by atoms with E-state index in [1.54, 1.807) is 0 Å².